The highest BCUT2D eigenvalue weighted by atomic mass is 32.2. The van der Waals surface area contributed by atoms with Crippen molar-refractivity contribution < 1.29 is 14.3 Å². The summed E-state index contributed by atoms with van der Waals surface area (Å²) in [5.41, 5.74) is 2.30. The zero-order chi connectivity index (χ0) is 18.5. The van der Waals surface area contributed by atoms with Crippen molar-refractivity contribution in [2.75, 3.05) is 32.1 Å². The molecule has 1 amide bonds. The number of carbonyl (C=O) groups excluding carboxylic acids is 1. The Kier molecular flexibility index (Phi) is 6.16. The van der Waals surface area contributed by atoms with Gasteiger partial charge in [0.2, 0.25) is 5.91 Å². The van der Waals surface area contributed by atoms with Gasteiger partial charge in [0, 0.05) is 20.1 Å². The molecule has 0 aliphatic carbocycles. The summed E-state index contributed by atoms with van der Waals surface area (Å²) in [6.07, 6.45) is 0. The van der Waals surface area contributed by atoms with Gasteiger partial charge >= 0.3 is 0 Å². The number of nitrogens with zero attached hydrogens (tertiary/aromatic N) is 4. The second-order valence-corrected chi connectivity index (χ2v) is 7.24. The van der Waals surface area contributed by atoms with Gasteiger partial charge in [0.05, 0.1) is 19.0 Å². The third kappa shape index (κ3) is 4.56. The third-order valence-corrected chi connectivity index (χ3v) is 5.31. The van der Waals surface area contributed by atoms with Gasteiger partial charge in [-0.15, -0.1) is 10.2 Å². The van der Waals surface area contributed by atoms with Crippen LogP contribution in [-0.2, 0) is 23.2 Å². The van der Waals surface area contributed by atoms with E-state index < -0.39 is 0 Å². The van der Waals surface area contributed by atoms with Gasteiger partial charge in [-0.25, -0.2) is 0 Å². The average Bonchev–Trinajstić information content (AvgIpc) is 2.99. The number of ether oxygens (including phenoxy) is 2. The minimum absolute atomic E-state index is 0.106. The van der Waals surface area contributed by atoms with Crippen LogP contribution in [0.2, 0.25) is 0 Å². The van der Waals surface area contributed by atoms with Crippen molar-refractivity contribution in [1.82, 2.24) is 19.7 Å². The highest BCUT2D eigenvalue weighted by molar-refractivity contribution is 7.99. The summed E-state index contributed by atoms with van der Waals surface area (Å²) < 4.78 is 13.0. The summed E-state index contributed by atoms with van der Waals surface area (Å²) in [7, 11) is 1.89. The summed E-state index contributed by atoms with van der Waals surface area (Å²) in [4.78, 5) is 14.1. The van der Waals surface area contributed by atoms with E-state index in [4.69, 9.17) is 9.47 Å². The normalized spacial score (nSPS) is 14.5. The Bertz CT molecular complexity index is 772. The molecule has 0 saturated carbocycles. The number of morpholine rings is 1. The minimum atomic E-state index is 0.106. The molecular weight excluding hydrogens is 352 g/mol. The molecule has 3 rings (SSSR count). The van der Waals surface area contributed by atoms with Crippen LogP contribution in [0.15, 0.2) is 23.4 Å². The molecule has 0 spiro atoms. The van der Waals surface area contributed by atoms with Gasteiger partial charge in [0.25, 0.3) is 0 Å². The maximum Gasteiger partial charge on any atom is 0.233 e. The molecule has 0 unspecified atom stereocenters. The van der Waals surface area contributed by atoms with E-state index in [2.05, 4.69) is 23.2 Å². The third-order valence-electron chi connectivity index (χ3n) is 4.30. The number of amides is 1. The monoisotopic (exact) mass is 376 g/mol. The van der Waals surface area contributed by atoms with Crippen LogP contribution in [0.3, 0.4) is 0 Å². The fourth-order valence-electron chi connectivity index (χ4n) is 2.73. The lowest BCUT2D eigenvalue weighted by Crippen LogP contribution is -2.41. The zero-order valence-electron chi connectivity index (χ0n) is 15.4. The van der Waals surface area contributed by atoms with Gasteiger partial charge in [0.1, 0.15) is 12.4 Å². The molecule has 0 N–H and O–H groups in total. The molecule has 1 aromatic carbocycles. The molecule has 1 fully saturated rings. The summed E-state index contributed by atoms with van der Waals surface area (Å²) in [5.74, 6) is 2.03. The molecular formula is C18H24N4O3S. The second-order valence-electron chi connectivity index (χ2n) is 6.30. The molecule has 2 heterocycles. The van der Waals surface area contributed by atoms with Crippen LogP contribution in [0.5, 0.6) is 5.75 Å². The van der Waals surface area contributed by atoms with Gasteiger partial charge in [-0.05, 0) is 25.5 Å². The minimum Gasteiger partial charge on any atom is -0.485 e. The summed E-state index contributed by atoms with van der Waals surface area (Å²) >= 11 is 1.40. The molecule has 1 aliphatic rings. The van der Waals surface area contributed by atoms with Crippen molar-refractivity contribution in [2.45, 2.75) is 25.6 Å². The molecule has 140 valence electrons. The van der Waals surface area contributed by atoms with Crippen molar-refractivity contribution in [1.29, 1.82) is 0 Å². The Labute approximate surface area is 157 Å². The molecule has 1 aliphatic heterocycles. The van der Waals surface area contributed by atoms with Crippen molar-refractivity contribution in [3.05, 3.63) is 35.2 Å². The number of carbonyl (C=O) groups is 1. The number of aromatic nitrogens is 3. The summed E-state index contributed by atoms with van der Waals surface area (Å²) in [6.45, 7) is 6.96. The predicted molar refractivity (Wildman–Crippen MR) is 99.4 cm³/mol. The Balaban J connectivity index is 1.54. The standard InChI is InChI=1S/C18H24N4O3S/c1-13-4-5-15(14(2)10-13)25-11-16-19-20-18(21(16)3)26-12-17(23)22-6-8-24-9-7-22/h4-5,10H,6-9,11-12H2,1-3H3. The molecule has 1 aromatic heterocycles. The Morgan fingerprint density at radius 2 is 2.04 bits per heavy atom. The summed E-state index contributed by atoms with van der Waals surface area (Å²) in [5, 5.41) is 9.09. The zero-order valence-corrected chi connectivity index (χ0v) is 16.2. The molecule has 8 heteroatoms. The van der Waals surface area contributed by atoms with E-state index in [9.17, 15) is 4.79 Å². The highest BCUT2D eigenvalue weighted by Crippen LogP contribution is 2.21. The number of hydrogen-bond acceptors (Lipinski definition) is 6. The van der Waals surface area contributed by atoms with Gasteiger partial charge in [-0.3, -0.25) is 4.79 Å². The maximum atomic E-state index is 12.2. The van der Waals surface area contributed by atoms with Crippen LogP contribution in [-0.4, -0.2) is 57.6 Å². The molecule has 0 radical (unpaired) electrons. The van der Waals surface area contributed by atoms with E-state index in [0.29, 0.717) is 43.8 Å². The van der Waals surface area contributed by atoms with Crippen LogP contribution in [0.1, 0.15) is 17.0 Å². The average molecular weight is 376 g/mol. The van der Waals surface area contributed by atoms with Gasteiger partial charge in [-0.1, -0.05) is 29.5 Å². The largest absolute Gasteiger partial charge is 0.485 e. The molecule has 0 atom stereocenters. The van der Waals surface area contributed by atoms with Crippen LogP contribution in [0.4, 0.5) is 0 Å². The van der Waals surface area contributed by atoms with Crippen LogP contribution in [0.25, 0.3) is 0 Å². The first-order valence-electron chi connectivity index (χ1n) is 8.61. The lowest BCUT2D eigenvalue weighted by Gasteiger charge is -2.26. The highest BCUT2D eigenvalue weighted by Gasteiger charge is 2.18. The van der Waals surface area contributed by atoms with Gasteiger partial charge in [0.15, 0.2) is 11.0 Å². The van der Waals surface area contributed by atoms with Crippen molar-refractivity contribution in [3.63, 3.8) is 0 Å². The lowest BCUT2D eigenvalue weighted by atomic mass is 10.1. The van der Waals surface area contributed by atoms with Crippen LogP contribution >= 0.6 is 11.8 Å². The van der Waals surface area contributed by atoms with E-state index in [-0.39, 0.29) is 5.91 Å². The summed E-state index contributed by atoms with van der Waals surface area (Å²) in [6, 6.07) is 6.08. The van der Waals surface area contributed by atoms with E-state index in [1.165, 1.54) is 17.3 Å². The number of hydrogen-bond donors (Lipinski definition) is 0. The molecule has 7 nitrogen and oxygen atoms in total. The second kappa shape index (κ2) is 8.55. The van der Waals surface area contributed by atoms with E-state index in [1.807, 2.05) is 35.6 Å². The van der Waals surface area contributed by atoms with Crippen LogP contribution < -0.4 is 4.74 Å². The number of aryl methyl sites for hydroxylation is 2. The van der Waals surface area contributed by atoms with Gasteiger partial charge in [-0.2, -0.15) is 0 Å². The van der Waals surface area contributed by atoms with Crippen molar-refractivity contribution >= 4 is 17.7 Å². The fraction of sp³-hybridized carbons (Fsp3) is 0.500. The SMILES string of the molecule is Cc1ccc(OCc2nnc(SCC(=O)N3CCOCC3)n2C)c(C)c1. The van der Waals surface area contributed by atoms with E-state index in [1.54, 1.807) is 0 Å². The number of benzene rings is 1. The fourth-order valence-corrected chi connectivity index (χ4v) is 3.56. The quantitative estimate of drug-likeness (QED) is 0.718. The van der Waals surface area contributed by atoms with Gasteiger partial charge < -0.3 is 18.9 Å². The molecule has 26 heavy (non-hydrogen) atoms. The van der Waals surface area contributed by atoms with E-state index >= 15 is 0 Å². The first-order valence-corrected chi connectivity index (χ1v) is 9.60. The predicted octanol–water partition coefficient (Wildman–Crippen LogP) is 1.96. The van der Waals surface area contributed by atoms with Crippen LogP contribution in [0, 0.1) is 13.8 Å². The molecule has 0 bridgehead atoms. The number of rotatable bonds is 6. The van der Waals surface area contributed by atoms with E-state index in [0.717, 1.165) is 17.1 Å². The smallest absolute Gasteiger partial charge is 0.233 e. The molecule has 1 saturated heterocycles. The Morgan fingerprint density at radius 3 is 2.77 bits per heavy atom. The first-order chi connectivity index (χ1) is 12.5. The van der Waals surface area contributed by atoms with Crippen molar-refractivity contribution in [3.8, 4) is 5.75 Å². The molecule has 2 aromatic rings. The number of thioether (sulfide) groups is 1. The first kappa shape index (κ1) is 18.7. The van der Waals surface area contributed by atoms with Crippen molar-refractivity contribution in [2.24, 2.45) is 7.05 Å². The lowest BCUT2D eigenvalue weighted by molar-refractivity contribution is -0.132. The maximum absolute atomic E-state index is 12.2. The topological polar surface area (TPSA) is 69.5 Å². The Morgan fingerprint density at radius 1 is 1.27 bits per heavy atom. The Hall–Kier alpha value is -2.06.